The lowest BCUT2D eigenvalue weighted by atomic mass is 9.89. The van der Waals surface area contributed by atoms with Gasteiger partial charge < -0.3 is 10.4 Å². The van der Waals surface area contributed by atoms with Crippen molar-refractivity contribution in [2.75, 3.05) is 26.2 Å². The van der Waals surface area contributed by atoms with Gasteiger partial charge in [0.25, 0.3) is 0 Å². The van der Waals surface area contributed by atoms with E-state index < -0.39 is 0 Å². The van der Waals surface area contributed by atoms with Crippen molar-refractivity contribution in [1.82, 2.24) is 10.2 Å². The summed E-state index contributed by atoms with van der Waals surface area (Å²) in [6.45, 7) is 10.7. The van der Waals surface area contributed by atoms with Crippen molar-refractivity contribution in [3.05, 3.63) is 0 Å². The largest absolute Gasteiger partial charge is 0.396 e. The first-order valence-electron chi connectivity index (χ1n) is 7.25. The van der Waals surface area contributed by atoms with Gasteiger partial charge in [-0.1, -0.05) is 6.92 Å². The molecule has 1 heterocycles. The molecule has 3 nitrogen and oxygen atoms in total. The lowest BCUT2D eigenvalue weighted by molar-refractivity contribution is 0.103. The maximum Gasteiger partial charge on any atom is 0.0431 e. The number of aliphatic hydroxyl groups excluding tert-OH is 1. The van der Waals surface area contributed by atoms with Gasteiger partial charge >= 0.3 is 0 Å². The molecule has 0 aromatic carbocycles. The topological polar surface area (TPSA) is 35.5 Å². The minimum Gasteiger partial charge on any atom is -0.396 e. The molecule has 0 aromatic rings. The highest BCUT2D eigenvalue weighted by Crippen LogP contribution is 2.22. The molecule has 1 aliphatic rings. The van der Waals surface area contributed by atoms with Gasteiger partial charge in [0.2, 0.25) is 0 Å². The second-order valence-corrected chi connectivity index (χ2v) is 5.67. The van der Waals surface area contributed by atoms with Crippen LogP contribution in [0.2, 0.25) is 0 Å². The molecule has 2 atom stereocenters. The second kappa shape index (κ2) is 8.06. The molecule has 2 N–H and O–H groups in total. The standard InChI is InChI=1S/C14H30N2O/c1-4-7-15-14-9-13(6-5-8-17)10-16(11-14)12(2)3/h12-15,17H,4-11H2,1-3H3. The Morgan fingerprint density at radius 2 is 2.12 bits per heavy atom. The van der Waals surface area contributed by atoms with Gasteiger partial charge in [-0.05, 0) is 52.0 Å². The highest BCUT2D eigenvalue weighted by molar-refractivity contribution is 4.84. The maximum absolute atomic E-state index is 8.95. The van der Waals surface area contributed by atoms with Gasteiger partial charge in [-0.15, -0.1) is 0 Å². The fraction of sp³-hybridized carbons (Fsp3) is 1.00. The summed E-state index contributed by atoms with van der Waals surface area (Å²) in [5.74, 6) is 0.757. The molecule has 1 rings (SSSR count). The highest BCUT2D eigenvalue weighted by atomic mass is 16.2. The van der Waals surface area contributed by atoms with Crippen LogP contribution in [-0.2, 0) is 0 Å². The third kappa shape index (κ3) is 5.36. The number of aliphatic hydroxyl groups is 1. The molecule has 3 heteroatoms. The molecular formula is C14H30N2O. The Morgan fingerprint density at radius 3 is 2.71 bits per heavy atom. The first kappa shape index (κ1) is 14.9. The van der Waals surface area contributed by atoms with Crippen LogP contribution in [0.3, 0.4) is 0 Å². The molecule has 0 aliphatic carbocycles. The van der Waals surface area contributed by atoms with Crippen molar-refractivity contribution in [3.63, 3.8) is 0 Å². The van der Waals surface area contributed by atoms with Crippen molar-refractivity contribution >= 4 is 0 Å². The van der Waals surface area contributed by atoms with Crippen LogP contribution in [0.5, 0.6) is 0 Å². The van der Waals surface area contributed by atoms with E-state index in [4.69, 9.17) is 5.11 Å². The Hall–Kier alpha value is -0.120. The smallest absolute Gasteiger partial charge is 0.0431 e. The molecule has 0 amide bonds. The van der Waals surface area contributed by atoms with Crippen molar-refractivity contribution in [2.24, 2.45) is 5.92 Å². The summed E-state index contributed by atoms with van der Waals surface area (Å²) < 4.78 is 0. The molecule has 17 heavy (non-hydrogen) atoms. The zero-order valence-electron chi connectivity index (χ0n) is 11.8. The van der Waals surface area contributed by atoms with Gasteiger partial charge in [0.15, 0.2) is 0 Å². The summed E-state index contributed by atoms with van der Waals surface area (Å²) in [4.78, 5) is 2.58. The predicted octanol–water partition coefficient (Wildman–Crippen LogP) is 1.86. The van der Waals surface area contributed by atoms with Gasteiger partial charge in [0.05, 0.1) is 0 Å². The average Bonchev–Trinajstić information content (AvgIpc) is 2.33. The number of hydrogen-bond donors (Lipinski definition) is 2. The van der Waals surface area contributed by atoms with Crippen LogP contribution in [0.4, 0.5) is 0 Å². The Bertz CT molecular complexity index is 181. The lowest BCUT2D eigenvalue weighted by Crippen LogP contribution is -2.51. The van der Waals surface area contributed by atoms with E-state index in [0.29, 0.717) is 18.7 Å². The molecule has 0 bridgehead atoms. The lowest BCUT2D eigenvalue weighted by Gasteiger charge is -2.40. The molecule has 2 unspecified atom stereocenters. The van der Waals surface area contributed by atoms with Gasteiger partial charge in [0.1, 0.15) is 0 Å². The van der Waals surface area contributed by atoms with Crippen LogP contribution in [0, 0.1) is 5.92 Å². The summed E-state index contributed by atoms with van der Waals surface area (Å²) in [5, 5.41) is 12.6. The second-order valence-electron chi connectivity index (χ2n) is 5.67. The van der Waals surface area contributed by atoms with E-state index in [2.05, 4.69) is 31.0 Å². The molecular weight excluding hydrogens is 212 g/mol. The minimum atomic E-state index is 0.339. The van der Waals surface area contributed by atoms with E-state index >= 15 is 0 Å². The van der Waals surface area contributed by atoms with Crippen molar-refractivity contribution in [2.45, 2.75) is 58.5 Å². The number of piperidine rings is 1. The first-order valence-corrected chi connectivity index (χ1v) is 7.25. The number of nitrogens with zero attached hydrogens (tertiary/aromatic N) is 1. The SMILES string of the molecule is CCCNC1CC(CCCO)CN(C(C)C)C1. The predicted molar refractivity (Wildman–Crippen MR) is 73.2 cm³/mol. The first-order chi connectivity index (χ1) is 8.17. The van der Waals surface area contributed by atoms with Crippen LogP contribution in [0.25, 0.3) is 0 Å². The average molecular weight is 242 g/mol. The fourth-order valence-electron chi connectivity index (χ4n) is 2.75. The third-order valence-electron chi connectivity index (χ3n) is 3.75. The third-order valence-corrected chi connectivity index (χ3v) is 3.75. The molecule has 0 aromatic heterocycles. The quantitative estimate of drug-likeness (QED) is 0.715. The van der Waals surface area contributed by atoms with Crippen molar-refractivity contribution < 1.29 is 5.11 Å². The number of likely N-dealkylation sites (tertiary alicyclic amines) is 1. The van der Waals surface area contributed by atoms with Crippen molar-refractivity contribution in [3.8, 4) is 0 Å². The monoisotopic (exact) mass is 242 g/mol. The van der Waals surface area contributed by atoms with E-state index in [1.165, 1.54) is 32.4 Å². The van der Waals surface area contributed by atoms with Gasteiger partial charge in [-0.2, -0.15) is 0 Å². The Balaban J connectivity index is 2.43. The highest BCUT2D eigenvalue weighted by Gasteiger charge is 2.27. The molecule has 0 saturated carbocycles. The van der Waals surface area contributed by atoms with E-state index in [1.807, 2.05) is 0 Å². The fourth-order valence-corrected chi connectivity index (χ4v) is 2.75. The Kier molecular flexibility index (Phi) is 7.09. The molecule has 1 fully saturated rings. The van der Waals surface area contributed by atoms with Crippen LogP contribution in [0.1, 0.15) is 46.5 Å². The van der Waals surface area contributed by atoms with Crippen LogP contribution in [0.15, 0.2) is 0 Å². The summed E-state index contributed by atoms with van der Waals surface area (Å²) in [5.41, 5.74) is 0. The van der Waals surface area contributed by atoms with E-state index in [0.717, 1.165) is 18.9 Å². The van der Waals surface area contributed by atoms with E-state index in [1.54, 1.807) is 0 Å². The molecule has 102 valence electrons. The zero-order valence-corrected chi connectivity index (χ0v) is 11.8. The summed E-state index contributed by atoms with van der Waals surface area (Å²) in [7, 11) is 0. The zero-order chi connectivity index (χ0) is 12.7. The number of rotatable bonds is 7. The van der Waals surface area contributed by atoms with E-state index in [-0.39, 0.29) is 0 Å². The van der Waals surface area contributed by atoms with Crippen molar-refractivity contribution in [1.29, 1.82) is 0 Å². The summed E-state index contributed by atoms with van der Waals surface area (Å²) in [6, 6.07) is 1.28. The number of nitrogens with one attached hydrogen (secondary N) is 1. The molecule has 0 radical (unpaired) electrons. The maximum atomic E-state index is 8.95. The van der Waals surface area contributed by atoms with Crippen LogP contribution >= 0.6 is 0 Å². The summed E-state index contributed by atoms with van der Waals surface area (Å²) in [6.07, 6.45) is 4.61. The van der Waals surface area contributed by atoms with Gasteiger partial charge in [-0.25, -0.2) is 0 Å². The molecule has 1 saturated heterocycles. The minimum absolute atomic E-state index is 0.339. The van der Waals surface area contributed by atoms with Crippen LogP contribution < -0.4 is 5.32 Å². The normalized spacial score (nSPS) is 26.6. The summed E-state index contributed by atoms with van der Waals surface area (Å²) >= 11 is 0. The van der Waals surface area contributed by atoms with Gasteiger partial charge in [-0.3, -0.25) is 4.90 Å². The van der Waals surface area contributed by atoms with Crippen LogP contribution in [-0.4, -0.2) is 48.3 Å². The van der Waals surface area contributed by atoms with E-state index in [9.17, 15) is 0 Å². The molecule has 0 spiro atoms. The number of hydrogen-bond acceptors (Lipinski definition) is 3. The Labute approximate surface area is 107 Å². The molecule has 1 aliphatic heterocycles. The van der Waals surface area contributed by atoms with Gasteiger partial charge in [0, 0.05) is 31.8 Å². The Morgan fingerprint density at radius 1 is 1.35 bits per heavy atom.